The lowest BCUT2D eigenvalue weighted by molar-refractivity contribution is -0.147. The van der Waals surface area contributed by atoms with Gasteiger partial charge in [0.2, 0.25) is 0 Å². The number of aliphatic carboxylic acids is 1. The van der Waals surface area contributed by atoms with Crippen LogP contribution in [0, 0.1) is 5.41 Å². The van der Waals surface area contributed by atoms with Crippen LogP contribution < -0.4 is 0 Å². The van der Waals surface area contributed by atoms with E-state index in [2.05, 4.69) is 4.98 Å². The largest absolute Gasteiger partial charge is 0.481 e. The van der Waals surface area contributed by atoms with Gasteiger partial charge in [0, 0.05) is 24.0 Å². The Labute approximate surface area is 125 Å². The Balaban J connectivity index is 1.76. The summed E-state index contributed by atoms with van der Waals surface area (Å²) in [4.78, 5) is 29.5. The maximum Gasteiger partial charge on any atom is 0.311 e. The summed E-state index contributed by atoms with van der Waals surface area (Å²) in [7, 11) is 0. The Kier molecular flexibility index (Phi) is 3.29. The molecule has 0 aromatic carbocycles. The van der Waals surface area contributed by atoms with Crippen LogP contribution in [0.2, 0.25) is 0 Å². The lowest BCUT2D eigenvalue weighted by Gasteiger charge is -2.19. The highest BCUT2D eigenvalue weighted by atomic mass is 32.1. The van der Waals surface area contributed by atoms with Crippen LogP contribution in [-0.2, 0) is 4.79 Å². The third-order valence-electron chi connectivity index (χ3n) is 3.77. The molecule has 0 radical (unpaired) electrons. The molecule has 6 nitrogen and oxygen atoms in total. The van der Waals surface area contributed by atoms with Crippen LogP contribution in [0.3, 0.4) is 0 Å². The number of hydrogen-bond donors (Lipinski definition) is 1. The van der Waals surface area contributed by atoms with Gasteiger partial charge in [-0.25, -0.2) is 4.98 Å². The van der Waals surface area contributed by atoms with Gasteiger partial charge in [-0.1, -0.05) is 0 Å². The van der Waals surface area contributed by atoms with Crippen LogP contribution in [0.15, 0.2) is 28.4 Å². The minimum Gasteiger partial charge on any atom is -0.481 e. The predicted molar refractivity (Wildman–Crippen MR) is 76.1 cm³/mol. The molecule has 0 aliphatic carbocycles. The highest BCUT2D eigenvalue weighted by Crippen LogP contribution is 2.32. The molecule has 2 aromatic rings. The summed E-state index contributed by atoms with van der Waals surface area (Å²) in [6.07, 6.45) is 3.59. The molecule has 1 unspecified atom stereocenters. The summed E-state index contributed by atoms with van der Waals surface area (Å²) in [5, 5.41) is 11.6. The molecular formula is C14H14N2O4S. The third kappa shape index (κ3) is 2.44. The Morgan fingerprint density at radius 1 is 1.52 bits per heavy atom. The zero-order valence-electron chi connectivity index (χ0n) is 11.4. The van der Waals surface area contributed by atoms with Crippen molar-refractivity contribution in [3.63, 3.8) is 0 Å². The normalized spacial score (nSPS) is 21.7. The maximum absolute atomic E-state index is 12.4. The SMILES string of the molecule is CC1(C(=O)O)CCN(C(=O)c2csc(-c3ccoc3)n2)C1. The zero-order valence-corrected chi connectivity index (χ0v) is 12.2. The number of likely N-dealkylation sites (tertiary alicyclic amines) is 1. The number of thiazole rings is 1. The van der Waals surface area contributed by atoms with Crippen LogP contribution in [-0.4, -0.2) is 40.0 Å². The average Bonchev–Trinajstić information content (AvgIpc) is 3.18. The molecule has 1 aliphatic heterocycles. The molecule has 110 valence electrons. The number of aromatic nitrogens is 1. The van der Waals surface area contributed by atoms with E-state index in [0.29, 0.717) is 23.7 Å². The van der Waals surface area contributed by atoms with Crippen LogP contribution in [0.5, 0.6) is 0 Å². The number of carbonyl (C=O) groups is 2. The van der Waals surface area contributed by atoms with Crippen molar-refractivity contribution in [3.8, 4) is 10.6 Å². The quantitative estimate of drug-likeness (QED) is 0.941. The zero-order chi connectivity index (χ0) is 15.0. The van der Waals surface area contributed by atoms with Crippen molar-refractivity contribution in [1.29, 1.82) is 0 Å². The van der Waals surface area contributed by atoms with Gasteiger partial charge in [0.25, 0.3) is 5.91 Å². The highest BCUT2D eigenvalue weighted by molar-refractivity contribution is 7.13. The lowest BCUT2D eigenvalue weighted by atomic mass is 9.90. The first-order valence-corrected chi connectivity index (χ1v) is 7.38. The summed E-state index contributed by atoms with van der Waals surface area (Å²) in [6.45, 7) is 2.33. The van der Waals surface area contributed by atoms with E-state index < -0.39 is 11.4 Å². The molecule has 0 bridgehead atoms. The molecule has 21 heavy (non-hydrogen) atoms. The Morgan fingerprint density at radius 2 is 2.33 bits per heavy atom. The van der Waals surface area contributed by atoms with E-state index in [-0.39, 0.29) is 12.5 Å². The van der Waals surface area contributed by atoms with Crippen LogP contribution in [0.1, 0.15) is 23.8 Å². The molecule has 1 aliphatic rings. The number of carboxylic acid groups (broad SMARTS) is 1. The molecule has 3 rings (SSSR count). The van der Waals surface area contributed by atoms with Gasteiger partial charge in [-0.05, 0) is 19.4 Å². The predicted octanol–water partition coefficient (Wildman–Crippen LogP) is 2.34. The van der Waals surface area contributed by atoms with Gasteiger partial charge in [0.05, 0.1) is 11.7 Å². The smallest absolute Gasteiger partial charge is 0.311 e. The van der Waals surface area contributed by atoms with Crippen molar-refractivity contribution in [2.45, 2.75) is 13.3 Å². The molecule has 3 heterocycles. The van der Waals surface area contributed by atoms with E-state index in [1.165, 1.54) is 11.3 Å². The van der Waals surface area contributed by atoms with E-state index in [1.54, 1.807) is 35.8 Å². The fraction of sp³-hybridized carbons (Fsp3) is 0.357. The van der Waals surface area contributed by atoms with Crippen molar-refractivity contribution < 1.29 is 19.1 Å². The Bertz CT molecular complexity index is 679. The third-order valence-corrected chi connectivity index (χ3v) is 4.66. The van der Waals surface area contributed by atoms with Gasteiger partial charge in [0.15, 0.2) is 0 Å². The van der Waals surface area contributed by atoms with Crippen LogP contribution in [0.4, 0.5) is 0 Å². The summed E-state index contributed by atoms with van der Waals surface area (Å²) in [5.74, 6) is -1.08. The van der Waals surface area contributed by atoms with Crippen LogP contribution >= 0.6 is 11.3 Å². The van der Waals surface area contributed by atoms with Crippen molar-refractivity contribution in [2.75, 3.05) is 13.1 Å². The molecule has 0 spiro atoms. The second kappa shape index (κ2) is 5.00. The van der Waals surface area contributed by atoms with Crippen molar-refractivity contribution >= 4 is 23.2 Å². The topological polar surface area (TPSA) is 83.6 Å². The van der Waals surface area contributed by atoms with Gasteiger partial charge in [-0.3, -0.25) is 9.59 Å². The molecule has 2 aromatic heterocycles. The van der Waals surface area contributed by atoms with Gasteiger partial charge in [0.1, 0.15) is 17.0 Å². The van der Waals surface area contributed by atoms with Gasteiger partial charge in [-0.15, -0.1) is 11.3 Å². The van der Waals surface area contributed by atoms with E-state index in [1.807, 2.05) is 0 Å². The van der Waals surface area contributed by atoms with Crippen molar-refractivity contribution in [1.82, 2.24) is 9.88 Å². The molecule has 1 N–H and O–H groups in total. The monoisotopic (exact) mass is 306 g/mol. The summed E-state index contributed by atoms with van der Waals surface area (Å²) < 4.78 is 5.00. The number of hydrogen-bond acceptors (Lipinski definition) is 5. The number of carbonyl (C=O) groups excluding carboxylic acids is 1. The standard InChI is InChI=1S/C14H14N2O4S/c1-14(13(18)19)3-4-16(8-14)12(17)10-7-21-11(15-10)9-2-5-20-6-9/h2,5-7H,3-4,8H2,1H3,(H,18,19). The average molecular weight is 306 g/mol. The second-order valence-electron chi connectivity index (χ2n) is 5.39. The number of carboxylic acids is 1. The molecule has 1 fully saturated rings. The molecule has 0 saturated carbocycles. The van der Waals surface area contributed by atoms with Crippen molar-refractivity contribution in [2.24, 2.45) is 5.41 Å². The fourth-order valence-corrected chi connectivity index (χ4v) is 3.14. The van der Waals surface area contributed by atoms with E-state index in [0.717, 1.165) is 5.56 Å². The number of rotatable bonds is 3. The van der Waals surface area contributed by atoms with E-state index in [4.69, 9.17) is 4.42 Å². The number of furan rings is 1. The molecule has 1 amide bonds. The van der Waals surface area contributed by atoms with Gasteiger partial charge < -0.3 is 14.4 Å². The van der Waals surface area contributed by atoms with Gasteiger partial charge in [-0.2, -0.15) is 0 Å². The van der Waals surface area contributed by atoms with E-state index >= 15 is 0 Å². The Morgan fingerprint density at radius 3 is 2.95 bits per heavy atom. The van der Waals surface area contributed by atoms with E-state index in [9.17, 15) is 14.7 Å². The van der Waals surface area contributed by atoms with Crippen LogP contribution in [0.25, 0.3) is 10.6 Å². The number of nitrogens with zero attached hydrogens (tertiary/aromatic N) is 2. The lowest BCUT2D eigenvalue weighted by Crippen LogP contribution is -2.35. The first kappa shape index (κ1) is 13.8. The first-order chi connectivity index (χ1) is 9.99. The molecular weight excluding hydrogens is 292 g/mol. The highest BCUT2D eigenvalue weighted by Gasteiger charge is 2.42. The summed E-state index contributed by atoms with van der Waals surface area (Å²) in [6, 6.07) is 1.78. The summed E-state index contributed by atoms with van der Waals surface area (Å²) in [5.41, 5.74) is 0.320. The fourth-order valence-electron chi connectivity index (χ4n) is 2.36. The number of amides is 1. The first-order valence-electron chi connectivity index (χ1n) is 6.50. The summed E-state index contributed by atoms with van der Waals surface area (Å²) >= 11 is 1.37. The second-order valence-corrected chi connectivity index (χ2v) is 6.25. The van der Waals surface area contributed by atoms with Gasteiger partial charge >= 0.3 is 5.97 Å². The molecule has 1 saturated heterocycles. The minimum absolute atomic E-state index is 0.217. The van der Waals surface area contributed by atoms with Crippen molar-refractivity contribution in [3.05, 3.63) is 29.7 Å². The minimum atomic E-state index is -0.866. The maximum atomic E-state index is 12.4. The Hall–Kier alpha value is -2.15. The molecule has 7 heteroatoms. The molecule has 1 atom stereocenters.